The predicted molar refractivity (Wildman–Crippen MR) is 311 cm³/mol. The standard InChI is InChI=1S/C64H43F18N5O11/c1-30(88)83-42-26-36(11-20-47(42)89)57(61(71,72)73,62(74,75)76)38-13-22-50(92)45(28-38)86-54(96)33-4-3-5-34(24-33)55(97)87-46-29-39(14-23-51(46)93)58(63(77,78)79,64(80,81)82)37-12-21-49(91)44(27-37)85-53(95)32-8-17-41(18-9-32)98-40-15-6-31(7-16-40)52(94)84-43-25-35(10-19-48(43)90)56(2,59(65,66)67)60(68,69)70/h3-29,89-93H,1-2H3,(H,83,88)(H,84,94)(H,85,95)(H,86,96)(H,87,97). The average Bonchev–Trinajstić information content (AvgIpc) is 0.720. The van der Waals surface area contributed by atoms with Crippen LogP contribution in [0.4, 0.5) is 107 Å². The van der Waals surface area contributed by atoms with Gasteiger partial charge in [-0.3, -0.25) is 24.0 Å². The number of rotatable bonds is 16. The Bertz CT molecular complexity index is 4380. The Morgan fingerprint density at radius 3 is 0.806 bits per heavy atom. The maximum atomic E-state index is 15.5. The summed E-state index contributed by atoms with van der Waals surface area (Å²) in [5.74, 6) is -11.7. The first kappa shape index (κ1) is 72.5. The number of hydrogen-bond acceptors (Lipinski definition) is 11. The van der Waals surface area contributed by atoms with Crippen LogP contribution in [0.3, 0.4) is 0 Å². The Morgan fingerprint density at radius 1 is 0.306 bits per heavy atom. The van der Waals surface area contributed by atoms with Crippen LogP contribution in [0.1, 0.15) is 83.1 Å². The van der Waals surface area contributed by atoms with Gasteiger partial charge in [-0.05, 0) is 162 Å². The zero-order valence-corrected chi connectivity index (χ0v) is 49.1. The van der Waals surface area contributed by atoms with E-state index >= 15 is 52.7 Å². The Kier molecular flexibility index (Phi) is 19.2. The van der Waals surface area contributed by atoms with Gasteiger partial charge in [0.15, 0.2) is 5.41 Å². The van der Waals surface area contributed by atoms with Crippen molar-refractivity contribution in [2.75, 3.05) is 26.6 Å². The van der Waals surface area contributed by atoms with E-state index in [0.29, 0.717) is 48.5 Å². The molecule has 0 fully saturated rings. The topological polar surface area (TPSA) is 256 Å². The molecule has 0 aromatic heterocycles. The quantitative estimate of drug-likeness (QED) is 0.0321. The van der Waals surface area contributed by atoms with Gasteiger partial charge in [0.25, 0.3) is 23.6 Å². The summed E-state index contributed by atoms with van der Waals surface area (Å²) < 4.78 is 272. The molecule has 8 aromatic rings. The molecule has 8 aromatic carbocycles. The number of halogens is 18. The summed E-state index contributed by atoms with van der Waals surface area (Å²) in [6, 6.07) is 16.1. The van der Waals surface area contributed by atoms with Crippen LogP contribution in [0.2, 0.25) is 0 Å². The lowest BCUT2D eigenvalue weighted by Gasteiger charge is -2.38. The van der Waals surface area contributed by atoms with E-state index in [2.05, 4.69) is 0 Å². The van der Waals surface area contributed by atoms with Crippen LogP contribution in [-0.2, 0) is 21.0 Å². The van der Waals surface area contributed by atoms with Crippen molar-refractivity contribution in [1.82, 2.24) is 0 Å². The second kappa shape index (κ2) is 26.0. The molecule has 0 saturated heterocycles. The molecule has 0 bridgehead atoms. The molecule has 0 radical (unpaired) electrons. The van der Waals surface area contributed by atoms with Crippen LogP contribution < -0.4 is 31.3 Å². The molecule has 98 heavy (non-hydrogen) atoms. The van der Waals surface area contributed by atoms with Crippen LogP contribution in [0, 0.1) is 0 Å². The fourth-order valence-corrected chi connectivity index (χ4v) is 10.1. The van der Waals surface area contributed by atoms with E-state index < -0.39 is 179 Å². The van der Waals surface area contributed by atoms with Gasteiger partial charge < -0.3 is 56.9 Å². The molecule has 8 rings (SSSR count). The van der Waals surface area contributed by atoms with Crippen molar-refractivity contribution in [1.29, 1.82) is 0 Å². The molecule has 34 heteroatoms. The average molecular weight is 1400 g/mol. The SMILES string of the molecule is CC(=O)Nc1cc(C(c2ccc(O)c(NC(=O)c3cccc(C(=O)Nc4cc(C(c5ccc(O)c(NC(=O)c6ccc(Oc7ccc(C(=O)Nc8cc(C(C)(C(F)(F)F)C(F)(F)F)ccc8O)cc7)cc6)c5)(C(F)(F)F)C(F)(F)F)ccc4O)c3)c2)(C(F)(F)F)C(F)(F)F)ccc1O. The van der Waals surface area contributed by atoms with Crippen LogP contribution in [0.15, 0.2) is 164 Å². The number of aromatic hydroxyl groups is 5. The number of nitrogens with one attached hydrogen (secondary N) is 5. The summed E-state index contributed by atoms with van der Waals surface area (Å²) in [5, 5.41) is 62.0. The van der Waals surface area contributed by atoms with Crippen LogP contribution in [0.25, 0.3) is 0 Å². The van der Waals surface area contributed by atoms with E-state index in [1.807, 2.05) is 26.6 Å². The normalized spacial score (nSPS) is 12.7. The molecule has 0 aliphatic carbocycles. The van der Waals surface area contributed by atoms with Gasteiger partial charge in [-0.15, -0.1) is 0 Å². The summed E-state index contributed by atoms with van der Waals surface area (Å²) >= 11 is 0. The number of ether oxygens (including phenoxy) is 1. The van der Waals surface area contributed by atoms with Crippen molar-refractivity contribution in [2.24, 2.45) is 0 Å². The number of hydrogen-bond donors (Lipinski definition) is 10. The molecule has 0 spiro atoms. The highest BCUT2D eigenvalue weighted by Gasteiger charge is 2.74. The second-order valence-electron chi connectivity index (χ2n) is 21.5. The van der Waals surface area contributed by atoms with Gasteiger partial charge in [0.2, 0.25) is 16.7 Å². The van der Waals surface area contributed by atoms with Crippen molar-refractivity contribution >= 4 is 58.0 Å². The summed E-state index contributed by atoms with van der Waals surface area (Å²) in [6.45, 7) is 0.703. The number of carbonyl (C=O) groups excluding carboxylic acids is 5. The summed E-state index contributed by atoms with van der Waals surface area (Å²) in [6.07, 6.45) is -37.2. The third-order valence-electron chi connectivity index (χ3n) is 15.3. The van der Waals surface area contributed by atoms with Gasteiger partial charge in [-0.1, -0.05) is 36.4 Å². The largest absolute Gasteiger partial charge is 0.506 e. The summed E-state index contributed by atoms with van der Waals surface area (Å²) in [5.41, 5.74) is -29.7. The van der Waals surface area contributed by atoms with Crippen molar-refractivity contribution in [3.8, 4) is 40.2 Å². The molecular weight excluding hydrogens is 1360 g/mol. The minimum atomic E-state index is -6.42. The number of alkyl halides is 18. The maximum Gasteiger partial charge on any atom is 0.411 e. The van der Waals surface area contributed by atoms with Crippen molar-refractivity contribution in [3.63, 3.8) is 0 Å². The van der Waals surface area contributed by atoms with Crippen LogP contribution >= 0.6 is 0 Å². The van der Waals surface area contributed by atoms with E-state index in [1.165, 1.54) is 0 Å². The molecule has 0 aliphatic heterocycles. The molecule has 0 heterocycles. The fraction of sp³-hybridized carbons (Fsp3) is 0.172. The molecule has 0 atom stereocenters. The fourth-order valence-electron chi connectivity index (χ4n) is 10.1. The van der Waals surface area contributed by atoms with E-state index in [4.69, 9.17) is 4.74 Å². The Hall–Kier alpha value is -11.4. The third-order valence-corrected chi connectivity index (χ3v) is 15.3. The monoisotopic (exact) mass is 1400 g/mol. The predicted octanol–water partition coefficient (Wildman–Crippen LogP) is 16.2. The first-order chi connectivity index (χ1) is 45.3. The van der Waals surface area contributed by atoms with E-state index in [1.54, 1.807) is 0 Å². The molecule has 516 valence electrons. The number of carbonyl (C=O) groups is 5. The Labute approximate surface area is 537 Å². The lowest BCUT2D eigenvalue weighted by molar-refractivity contribution is -0.297. The number of phenolic OH excluding ortho intramolecular Hbond substituents is 5. The van der Waals surface area contributed by atoms with Crippen molar-refractivity contribution < 1.29 is 133 Å². The van der Waals surface area contributed by atoms with Crippen LogP contribution in [0.5, 0.6) is 40.2 Å². The molecule has 0 saturated carbocycles. The molecule has 0 aliphatic rings. The summed E-state index contributed by atoms with van der Waals surface area (Å²) in [4.78, 5) is 65.4. The van der Waals surface area contributed by atoms with Gasteiger partial charge in [0.05, 0.1) is 28.4 Å². The minimum Gasteiger partial charge on any atom is -0.506 e. The van der Waals surface area contributed by atoms with E-state index in [-0.39, 0.29) is 78.1 Å². The van der Waals surface area contributed by atoms with E-state index in [9.17, 15) is 75.8 Å². The number of amides is 5. The Morgan fingerprint density at radius 2 is 0.551 bits per heavy atom. The van der Waals surface area contributed by atoms with Gasteiger partial charge >= 0.3 is 37.1 Å². The molecule has 0 unspecified atom stereocenters. The first-order valence-corrected chi connectivity index (χ1v) is 27.4. The molecule has 10 N–H and O–H groups in total. The zero-order chi connectivity index (χ0) is 72.8. The number of anilines is 5. The van der Waals surface area contributed by atoms with Gasteiger partial charge in [-0.2, -0.15) is 79.0 Å². The maximum absolute atomic E-state index is 15.5. The van der Waals surface area contributed by atoms with Crippen molar-refractivity contribution in [2.45, 2.75) is 67.2 Å². The van der Waals surface area contributed by atoms with Crippen LogP contribution in [-0.4, -0.2) is 92.1 Å². The highest BCUT2D eigenvalue weighted by molar-refractivity contribution is 6.10. The second-order valence-corrected chi connectivity index (χ2v) is 21.5. The highest BCUT2D eigenvalue weighted by Crippen LogP contribution is 2.60. The smallest absolute Gasteiger partial charge is 0.411 e. The lowest BCUT2D eigenvalue weighted by Crippen LogP contribution is -2.54. The zero-order valence-electron chi connectivity index (χ0n) is 49.1. The van der Waals surface area contributed by atoms with E-state index in [0.717, 1.165) is 73.7 Å². The highest BCUT2D eigenvalue weighted by atomic mass is 19.4. The van der Waals surface area contributed by atoms with Gasteiger partial charge in [0, 0.05) is 29.2 Å². The molecule has 16 nitrogen and oxygen atoms in total. The molecule has 5 amide bonds. The van der Waals surface area contributed by atoms with Crippen molar-refractivity contribution in [3.05, 3.63) is 214 Å². The number of benzene rings is 8. The van der Waals surface area contributed by atoms with Gasteiger partial charge in [0.1, 0.15) is 40.2 Å². The Balaban J connectivity index is 0.998. The number of phenols is 5. The lowest BCUT2D eigenvalue weighted by atomic mass is 9.72. The summed E-state index contributed by atoms with van der Waals surface area (Å²) in [7, 11) is 0. The third kappa shape index (κ3) is 13.7. The minimum absolute atomic E-state index is 0.0436. The van der Waals surface area contributed by atoms with Gasteiger partial charge in [-0.25, -0.2) is 0 Å². The first-order valence-electron chi connectivity index (χ1n) is 27.4. The molecular formula is C64H43F18N5O11.